The maximum Gasteiger partial charge on any atom is 0.00477 e. The van der Waals surface area contributed by atoms with Crippen LogP contribution in [0.4, 0.5) is 0 Å². The Morgan fingerprint density at radius 3 is 2.12 bits per heavy atom. The Morgan fingerprint density at radius 2 is 1.69 bits per heavy atom. The molecule has 138 valence electrons. The smallest absolute Gasteiger partial charge is 0.00477 e. The molecule has 1 aliphatic rings. The SMILES string of the molecule is C=C(c1ccc(-c2ccc(C)cc2)cc1)C1CCN(C)C1.C=CCCN. The fraction of sp³-hybridized carbons (Fsp3) is 0.333. The lowest BCUT2D eigenvalue weighted by atomic mass is 9.92. The molecule has 26 heavy (non-hydrogen) atoms. The number of nitrogens with two attached hydrogens (primary N) is 1. The van der Waals surface area contributed by atoms with Crippen LogP contribution in [0, 0.1) is 12.8 Å². The Morgan fingerprint density at radius 1 is 1.12 bits per heavy atom. The van der Waals surface area contributed by atoms with Crippen molar-refractivity contribution in [2.45, 2.75) is 19.8 Å². The number of likely N-dealkylation sites (tertiary alicyclic amines) is 1. The summed E-state index contributed by atoms with van der Waals surface area (Å²) >= 11 is 0. The summed E-state index contributed by atoms with van der Waals surface area (Å²) in [6.07, 6.45) is 3.97. The van der Waals surface area contributed by atoms with Gasteiger partial charge in [0.15, 0.2) is 0 Å². The summed E-state index contributed by atoms with van der Waals surface area (Å²) in [5, 5.41) is 0. The molecule has 1 aliphatic heterocycles. The van der Waals surface area contributed by atoms with Crippen molar-refractivity contribution < 1.29 is 0 Å². The van der Waals surface area contributed by atoms with Crippen LogP contribution < -0.4 is 5.73 Å². The molecule has 0 radical (unpaired) electrons. The second-order valence-electron chi connectivity index (χ2n) is 7.08. The van der Waals surface area contributed by atoms with Crippen LogP contribution in [0.15, 0.2) is 67.8 Å². The first-order valence-corrected chi connectivity index (χ1v) is 9.41. The molecule has 1 atom stereocenters. The Kier molecular flexibility index (Phi) is 7.83. The fourth-order valence-corrected chi connectivity index (χ4v) is 3.20. The van der Waals surface area contributed by atoms with Crippen molar-refractivity contribution in [3.05, 3.63) is 78.9 Å². The van der Waals surface area contributed by atoms with Gasteiger partial charge in [0, 0.05) is 6.54 Å². The average Bonchev–Trinajstić information content (AvgIpc) is 3.09. The van der Waals surface area contributed by atoms with Gasteiger partial charge in [0.2, 0.25) is 0 Å². The highest BCUT2D eigenvalue weighted by atomic mass is 15.1. The van der Waals surface area contributed by atoms with E-state index in [0.29, 0.717) is 5.92 Å². The maximum absolute atomic E-state index is 5.07. The van der Waals surface area contributed by atoms with Crippen LogP contribution in [0.2, 0.25) is 0 Å². The summed E-state index contributed by atoms with van der Waals surface area (Å²) in [4.78, 5) is 2.39. The normalized spacial score (nSPS) is 16.7. The lowest BCUT2D eigenvalue weighted by Crippen LogP contribution is -2.14. The molecule has 0 aliphatic carbocycles. The third-order valence-corrected chi connectivity index (χ3v) is 4.90. The molecular weight excluding hydrogens is 316 g/mol. The van der Waals surface area contributed by atoms with E-state index in [-0.39, 0.29) is 0 Å². The average molecular weight is 349 g/mol. The topological polar surface area (TPSA) is 29.3 Å². The molecule has 1 unspecified atom stereocenters. The fourth-order valence-electron chi connectivity index (χ4n) is 3.20. The Balaban J connectivity index is 0.000000431. The molecule has 0 amide bonds. The molecule has 2 aromatic rings. The van der Waals surface area contributed by atoms with Crippen molar-refractivity contribution in [1.82, 2.24) is 4.90 Å². The molecule has 1 fully saturated rings. The van der Waals surface area contributed by atoms with E-state index in [1.165, 1.54) is 40.8 Å². The molecule has 2 nitrogen and oxygen atoms in total. The third kappa shape index (κ3) is 5.69. The van der Waals surface area contributed by atoms with Crippen molar-refractivity contribution in [3.63, 3.8) is 0 Å². The molecule has 0 spiro atoms. The molecule has 1 saturated heterocycles. The van der Waals surface area contributed by atoms with Gasteiger partial charge in [0.1, 0.15) is 0 Å². The maximum atomic E-state index is 5.07. The van der Waals surface area contributed by atoms with Crippen LogP contribution in [0.25, 0.3) is 16.7 Å². The lowest BCUT2D eigenvalue weighted by Gasteiger charge is -2.14. The van der Waals surface area contributed by atoms with Gasteiger partial charge in [-0.1, -0.05) is 66.7 Å². The van der Waals surface area contributed by atoms with E-state index in [1.807, 2.05) is 0 Å². The first kappa shape index (κ1) is 20.2. The molecule has 0 bridgehead atoms. The van der Waals surface area contributed by atoms with Crippen LogP contribution >= 0.6 is 0 Å². The number of hydrogen-bond acceptors (Lipinski definition) is 2. The van der Waals surface area contributed by atoms with E-state index in [2.05, 4.69) is 80.6 Å². The van der Waals surface area contributed by atoms with Gasteiger partial charge in [-0.05, 0) is 68.1 Å². The van der Waals surface area contributed by atoms with Crippen LogP contribution in [0.5, 0.6) is 0 Å². The molecular formula is C24H32N2. The van der Waals surface area contributed by atoms with Gasteiger partial charge >= 0.3 is 0 Å². The first-order chi connectivity index (χ1) is 12.5. The zero-order valence-corrected chi connectivity index (χ0v) is 16.2. The van der Waals surface area contributed by atoms with Gasteiger partial charge in [0.05, 0.1) is 0 Å². The predicted molar refractivity (Wildman–Crippen MR) is 115 cm³/mol. The Labute approximate surface area is 159 Å². The highest BCUT2D eigenvalue weighted by Crippen LogP contribution is 2.30. The van der Waals surface area contributed by atoms with Crippen LogP contribution in [-0.4, -0.2) is 31.6 Å². The molecule has 1 heterocycles. The zero-order chi connectivity index (χ0) is 18.9. The first-order valence-electron chi connectivity index (χ1n) is 9.41. The van der Waals surface area contributed by atoms with Gasteiger partial charge in [-0.15, -0.1) is 6.58 Å². The van der Waals surface area contributed by atoms with E-state index in [4.69, 9.17) is 5.73 Å². The molecule has 0 saturated carbocycles. The molecule has 2 N–H and O–H groups in total. The van der Waals surface area contributed by atoms with Crippen molar-refractivity contribution in [2.75, 3.05) is 26.7 Å². The second-order valence-corrected chi connectivity index (χ2v) is 7.08. The summed E-state index contributed by atoms with van der Waals surface area (Å²) in [6.45, 7) is 13.0. The predicted octanol–water partition coefficient (Wildman–Crippen LogP) is 5.15. The Bertz CT molecular complexity index is 698. The summed E-state index contributed by atoms with van der Waals surface area (Å²) in [5.41, 5.74) is 11.5. The van der Waals surface area contributed by atoms with Crippen molar-refractivity contribution in [2.24, 2.45) is 11.7 Å². The van der Waals surface area contributed by atoms with Crippen LogP contribution in [-0.2, 0) is 0 Å². The van der Waals surface area contributed by atoms with Crippen molar-refractivity contribution >= 4 is 5.57 Å². The number of benzene rings is 2. The monoisotopic (exact) mass is 348 g/mol. The van der Waals surface area contributed by atoms with Gasteiger partial charge in [-0.25, -0.2) is 0 Å². The van der Waals surface area contributed by atoms with E-state index in [0.717, 1.165) is 19.5 Å². The van der Waals surface area contributed by atoms with Crippen molar-refractivity contribution in [3.8, 4) is 11.1 Å². The van der Waals surface area contributed by atoms with E-state index in [1.54, 1.807) is 6.08 Å². The lowest BCUT2D eigenvalue weighted by molar-refractivity contribution is 0.409. The van der Waals surface area contributed by atoms with Crippen molar-refractivity contribution in [1.29, 1.82) is 0 Å². The summed E-state index contributed by atoms with van der Waals surface area (Å²) in [7, 11) is 2.19. The molecule has 2 heteroatoms. The van der Waals surface area contributed by atoms with Gasteiger partial charge in [-0.3, -0.25) is 0 Å². The summed E-state index contributed by atoms with van der Waals surface area (Å²) in [6, 6.07) is 17.6. The van der Waals surface area contributed by atoms with Gasteiger partial charge < -0.3 is 10.6 Å². The highest BCUT2D eigenvalue weighted by Gasteiger charge is 2.22. The molecule has 3 rings (SSSR count). The zero-order valence-electron chi connectivity index (χ0n) is 16.2. The van der Waals surface area contributed by atoms with Gasteiger partial charge in [0.25, 0.3) is 0 Å². The largest absolute Gasteiger partial charge is 0.330 e. The number of rotatable bonds is 5. The minimum atomic E-state index is 0.611. The highest BCUT2D eigenvalue weighted by molar-refractivity contribution is 5.70. The third-order valence-electron chi connectivity index (χ3n) is 4.90. The minimum Gasteiger partial charge on any atom is -0.330 e. The Hall–Kier alpha value is -2.16. The number of nitrogens with zero attached hydrogens (tertiary/aromatic N) is 1. The molecule has 0 aromatic heterocycles. The number of aryl methyl sites for hydroxylation is 1. The van der Waals surface area contributed by atoms with Crippen LogP contribution in [0.1, 0.15) is 24.0 Å². The minimum absolute atomic E-state index is 0.611. The molecule has 2 aromatic carbocycles. The standard InChI is InChI=1S/C20H23N.C4H9N/c1-15-4-6-18(7-5-15)19-10-8-17(9-11-19)16(2)20-12-13-21(3)14-20;1-2-3-4-5/h4-11,20H,2,12-14H2,1,3H3;2H,1,3-5H2. The summed E-state index contributed by atoms with van der Waals surface area (Å²) in [5.74, 6) is 0.611. The quantitative estimate of drug-likeness (QED) is 0.757. The number of hydrogen-bond donors (Lipinski definition) is 1. The van der Waals surface area contributed by atoms with E-state index in [9.17, 15) is 0 Å². The van der Waals surface area contributed by atoms with Gasteiger partial charge in [-0.2, -0.15) is 0 Å². The van der Waals surface area contributed by atoms with Crippen LogP contribution in [0.3, 0.4) is 0 Å². The summed E-state index contributed by atoms with van der Waals surface area (Å²) < 4.78 is 0. The second kappa shape index (κ2) is 10.1. The van der Waals surface area contributed by atoms with E-state index < -0.39 is 0 Å². The van der Waals surface area contributed by atoms with E-state index >= 15 is 0 Å².